The molecule has 0 fully saturated rings. The summed E-state index contributed by atoms with van der Waals surface area (Å²) in [5.74, 6) is -1.77. The summed E-state index contributed by atoms with van der Waals surface area (Å²) in [6, 6.07) is 4.42. The molecule has 2 aromatic rings. The second-order valence-corrected chi connectivity index (χ2v) is 3.32. The minimum Gasteiger partial charge on any atom is -0.388 e. The normalized spacial score (nSPS) is 10.7. The third-order valence-electron chi connectivity index (χ3n) is 2.27. The van der Waals surface area contributed by atoms with Gasteiger partial charge in [-0.25, -0.2) is 13.8 Å². The fourth-order valence-electron chi connectivity index (χ4n) is 1.57. The van der Waals surface area contributed by atoms with Crippen LogP contribution in [0.5, 0.6) is 0 Å². The van der Waals surface area contributed by atoms with E-state index in [0.717, 1.165) is 11.8 Å². The number of hydrogen-bond donors (Lipinski definition) is 1. The van der Waals surface area contributed by atoms with Gasteiger partial charge in [-0.2, -0.15) is 0 Å². The monoisotopic (exact) mass is 208 g/mol. The number of fused-ring (bicyclic) bond motifs is 1. The molecule has 0 atom stereocenters. The Labute approximate surface area is 85.9 Å². The molecule has 0 saturated heterocycles. The highest BCUT2D eigenvalue weighted by molar-refractivity contribution is 5.91. The Morgan fingerprint density at radius 1 is 1.27 bits per heavy atom. The van der Waals surface area contributed by atoms with Crippen LogP contribution in [0.25, 0.3) is 10.9 Å². The van der Waals surface area contributed by atoms with Crippen LogP contribution < -0.4 is 5.32 Å². The molecule has 0 saturated carbocycles. The molecule has 78 valence electrons. The molecule has 15 heavy (non-hydrogen) atoms. The molecule has 0 spiro atoms. The molecule has 0 radical (unpaired) electrons. The van der Waals surface area contributed by atoms with Gasteiger partial charge in [0.15, 0.2) is 11.6 Å². The molecule has 0 unspecified atom stereocenters. The quantitative estimate of drug-likeness (QED) is 0.779. The standard InChI is InChI=1S/C11H10F2N2/c1-6-5-9(14-2)7-3-4-8(12)10(13)11(7)15-6/h3-5H,1-2H3,(H,14,15). The molecule has 1 aromatic carbocycles. The van der Waals surface area contributed by atoms with Gasteiger partial charge in [-0.1, -0.05) is 0 Å². The lowest BCUT2D eigenvalue weighted by Gasteiger charge is -2.07. The first-order valence-corrected chi connectivity index (χ1v) is 4.56. The number of nitrogens with zero attached hydrogens (tertiary/aromatic N) is 1. The zero-order valence-electron chi connectivity index (χ0n) is 8.44. The van der Waals surface area contributed by atoms with Gasteiger partial charge in [0, 0.05) is 23.8 Å². The number of pyridine rings is 1. The molecule has 1 heterocycles. The Bertz CT molecular complexity index is 523. The van der Waals surface area contributed by atoms with E-state index in [-0.39, 0.29) is 5.52 Å². The minimum atomic E-state index is -0.896. The highest BCUT2D eigenvalue weighted by Crippen LogP contribution is 2.25. The molecule has 0 amide bonds. The lowest BCUT2D eigenvalue weighted by Crippen LogP contribution is -1.96. The molecule has 0 aliphatic heterocycles. The smallest absolute Gasteiger partial charge is 0.185 e. The summed E-state index contributed by atoms with van der Waals surface area (Å²) in [6.07, 6.45) is 0. The maximum absolute atomic E-state index is 13.4. The summed E-state index contributed by atoms with van der Waals surface area (Å²) in [7, 11) is 1.73. The van der Waals surface area contributed by atoms with E-state index < -0.39 is 11.6 Å². The summed E-state index contributed by atoms with van der Waals surface area (Å²) in [5.41, 5.74) is 1.46. The van der Waals surface area contributed by atoms with E-state index in [2.05, 4.69) is 10.3 Å². The van der Waals surface area contributed by atoms with Gasteiger partial charge in [-0.05, 0) is 25.1 Å². The molecule has 2 rings (SSSR count). The summed E-state index contributed by atoms with van der Waals surface area (Å²) >= 11 is 0. The summed E-state index contributed by atoms with van der Waals surface area (Å²) in [4.78, 5) is 3.99. The molecular formula is C11H10F2N2. The van der Waals surface area contributed by atoms with Crippen molar-refractivity contribution < 1.29 is 8.78 Å². The molecular weight excluding hydrogens is 198 g/mol. The van der Waals surface area contributed by atoms with Crippen LogP contribution in [0.15, 0.2) is 18.2 Å². The van der Waals surface area contributed by atoms with E-state index in [1.54, 1.807) is 20.0 Å². The number of aromatic nitrogens is 1. The number of benzene rings is 1. The van der Waals surface area contributed by atoms with E-state index in [0.29, 0.717) is 11.1 Å². The highest BCUT2D eigenvalue weighted by Gasteiger charge is 2.11. The summed E-state index contributed by atoms with van der Waals surface area (Å²) in [5, 5.41) is 3.51. The fourth-order valence-corrected chi connectivity index (χ4v) is 1.57. The van der Waals surface area contributed by atoms with Gasteiger partial charge < -0.3 is 5.32 Å². The Hall–Kier alpha value is -1.71. The van der Waals surface area contributed by atoms with E-state index in [4.69, 9.17) is 0 Å². The van der Waals surface area contributed by atoms with Crippen LogP contribution in [0, 0.1) is 18.6 Å². The highest BCUT2D eigenvalue weighted by atomic mass is 19.2. The number of hydrogen-bond acceptors (Lipinski definition) is 2. The molecule has 4 heteroatoms. The lowest BCUT2D eigenvalue weighted by atomic mass is 10.1. The molecule has 0 aliphatic carbocycles. The Morgan fingerprint density at radius 3 is 2.67 bits per heavy atom. The summed E-state index contributed by atoms with van der Waals surface area (Å²) in [6.45, 7) is 1.74. The number of rotatable bonds is 1. The maximum Gasteiger partial charge on any atom is 0.185 e. The maximum atomic E-state index is 13.4. The summed E-state index contributed by atoms with van der Waals surface area (Å²) < 4.78 is 26.4. The van der Waals surface area contributed by atoms with Crippen molar-refractivity contribution in [1.82, 2.24) is 4.98 Å². The van der Waals surface area contributed by atoms with Crippen molar-refractivity contribution in [2.24, 2.45) is 0 Å². The van der Waals surface area contributed by atoms with Crippen molar-refractivity contribution in [1.29, 1.82) is 0 Å². The molecule has 2 nitrogen and oxygen atoms in total. The van der Waals surface area contributed by atoms with E-state index >= 15 is 0 Å². The number of nitrogens with one attached hydrogen (secondary N) is 1. The number of halogens is 2. The third kappa shape index (κ3) is 1.52. The van der Waals surface area contributed by atoms with E-state index in [9.17, 15) is 8.78 Å². The van der Waals surface area contributed by atoms with Gasteiger partial charge in [0.1, 0.15) is 5.52 Å². The van der Waals surface area contributed by atoms with Crippen LogP contribution >= 0.6 is 0 Å². The van der Waals surface area contributed by atoms with Crippen molar-refractivity contribution in [3.05, 3.63) is 35.5 Å². The van der Waals surface area contributed by atoms with Gasteiger partial charge in [0.25, 0.3) is 0 Å². The first kappa shape index (κ1) is 9.83. The van der Waals surface area contributed by atoms with Crippen LogP contribution in [0.2, 0.25) is 0 Å². The fraction of sp³-hybridized carbons (Fsp3) is 0.182. The lowest BCUT2D eigenvalue weighted by molar-refractivity contribution is 0.515. The average Bonchev–Trinajstić information content (AvgIpc) is 2.23. The Balaban J connectivity index is 2.89. The number of anilines is 1. The van der Waals surface area contributed by atoms with Crippen molar-refractivity contribution >= 4 is 16.6 Å². The van der Waals surface area contributed by atoms with Crippen LogP contribution in [0.3, 0.4) is 0 Å². The molecule has 1 aromatic heterocycles. The van der Waals surface area contributed by atoms with Gasteiger partial charge in [-0.3, -0.25) is 0 Å². The SMILES string of the molecule is CNc1cc(C)nc2c(F)c(F)ccc12. The molecule has 1 N–H and O–H groups in total. The molecule has 0 bridgehead atoms. The predicted octanol–water partition coefficient (Wildman–Crippen LogP) is 2.86. The van der Waals surface area contributed by atoms with Gasteiger partial charge in [-0.15, -0.1) is 0 Å². The Morgan fingerprint density at radius 2 is 2.00 bits per heavy atom. The van der Waals surface area contributed by atoms with Crippen LogP contribution in [-0.2, 0) is 0 Å². The van der Waals surface area contributed by atoms with Crippen LogP contribution in [-0.4, -0.2) is 12.0 Å². The first-order valence-electron chi connectivity index (χ1n) is 4.56. The van der Waals surface area contributed by atoms with Crippen molar-refractivity contribution in [3.63, 3.8) is 0 Å². The molecule has 0 aliphatic rings. The predicted molar refractivity (Wildman–Crippen MR) is 55.9 cm³/mol. The topological polar surface area (TPSA) is 24.9 Å². The van der Waals surface area contributed by atoms with E-state index in [1.807, 2.05) is 0 Å². The second-order valence-electron chi connectivity index (χ2n) is 3.32. The largest absolute Gasteiger partial charge is 0.388 e. The minimum absolute atomic E-state index is 0.0688. The second kappa shape index (κ2) is 3.46. The van der Waals surface area contributed by atoms with Crippen LogP contribution in [0.1, 0.15) is 5.69 Å². The zero-order chi connectivity index (χ0) is 11.0. The number of aryl methyl sites for hydroxylation is 1. The van der Waals surface area contributed by atoms with Crippen molar-refractivity contribution in [2.45, 2.75) is 6.92 Å². The van der Waals surface area contributed by atoms with Crippen molar-refractivity contribution in [3.8, 4) is 0 Å². The van der Waals surface area contributed by atoms with E-state index in [1.165, 1.54) is 6.07 Å². The van der Waals surface area contributed by atoms with Crippen molar-refractivity contribution in [2.75, 3.05) is 12.4 Å². The van der Waals surface area contributed by atoms with Gasteiger partial charge in [0.2, 0.25) is 0 Å². The third-order valence-corrected chi connectivity index (χ3v) is 2.27. The first-order chi connectivity index (χ1) is 7.13. The Kier molecular flexibility index (Phi) is 2.26. The zero-order valence-corrected chi connectivity index (χ0v) is 8.44. The van der Waals surface area contributed by atoms with Gasteiger partial charge in [0.05, 0.1) is 0 Å². The average molecular weight is 208 g/mol. The van der Waals surface area contributed by atoms with Gasteiger partial charge >= 0.3 is 0 Å². The van der Waals surface area contributed by atoms with Crippen LogP contribution in [0.4, 0.5) is 14.5 Å².